The molecule has 1 aromatic rings. The van der Waals surface area contributed by atoms with E-state index in [0.29, 0.717) is 19.0 Å². The minimum absolute atomic E-state index is 0.0122. The fourth-order valence-corrected chi connectivity index (χ4v) is 3.78. The number of piperidine rings is 1. The predicted octanol–water partition coefficient (Wildman–Crippen LogP) is 3.67. The van der Waals surface area contributed by atoms with Gasteiger partial charge in [0, 0.05) is 33.1 Å². The van der Waals surface area contributed by atoms with Gasteiger partial charge in [-0.3, -0.25) is 4.79 Å². The van der Waals surface area contributed by atoms with E-state index in [9.17, 15) is 9.59 Å². The normalized spacial score (nSPS) is 16.4. The summed E-state index contributed by atoms with van der Waals surface area (Å²) in [7, 11) is 3.53. The Morgan fingerprint density at radius 3 is 2.19 bits per heavy atom. The van der Waals surface area contributed by atoms with Crippen LogP contribution in [-0.2, 0) is 4.79 Å². The highest BCUT2D eigenvalue weighted by atomic mass is 16.2. The summed E-state index contributed by atoms with van der Waals surface area (Å²) in [6.07, 6.45) is 3.53. The molecule has 2 rings (SSSR count). The highest BCUT2D eigenvalue weighted by Crippen LogP contribution is 2.28. The van der Waals surface area contributed by atoms with Gasteiger partial charge in [-0.25, -0.2) is 4.79 Å². The first-order valence-electron chi connectivity index (χ1n) is 9.79. The Morgan fingerprint density at radius 1 is 1.12 bits per heavy atom. The third-order valence-electron chi connectivity index (χ3n) is 5.50. The molecule has 1 N–H and O–H groups in total. The van der Waals surface area contributed by atoms with Crippen molar-refractivity contribution in [3.05, 3.63) is 35.9 Å². The molecule has 0 aliphatic carbocycles. The maximum Gasteiger partial charge on any atom is 0.319 e. The van der Waals surface area contributed by atoms with Crippen molar-refractivity contribution in [2.75, 3.05) is 27.2 Å². The van der Waals surface area contributed by atoms with Crippen molar-refractivity contribution in [1.82, 2.24) is 15.1 Å². The number of carbonyl (C=O) groups excluding carboxylic acids is 2. The van der Waals surface area contributed by atoms with Crippen molar-refractivity contribution in [3.63, 3.8) is 0 Å². The van der Waals surface area contributed by atoms with Gasteiger partial charge in [-0.1, -0.05) is 57.0 Å². The van der Waals surface area contributed by atoms with E-state index in [-0.39, 0.29) is 23.9 Å². The second-order valence-corrected chi connectivity index (χ2v) is 7.41. The van der Waals surface area contributed by atoms with E-state index in [1.165, 1.54) is 5.56 Å². The molecule has 1 fully saturated rings. The zero-order valence-electron chi connectivity index (χ0n) is 16.6. The van der Waals surface area contributed by atoms with Gasteiger partial charge >= 0.3 is 6.03 Å². The highest BCUT2D eigenvalue weighted by Gasteiger charge is 2.30. The molecule has 0 radical (unpaired) electrons. The lowest BCUT2D eigenvalue weighted by Crippen LogP contribution is -2.47. The molecule has 5 heteroatoms. The number of amides is 3. The minimum Gasteiger partial charge on any atom is -0.349 e. The highest BCUT2D eigenvalue weighted by molar-refractivity contribution is 5.80. The molecule has 5 nitrogen and oxygen atoms in total. The van der Waals surface area contributed by atoms with Gasteiger partial charge in [-0.15, -0.1) is 0 Å². The molecular weight excluding hydrogens is 326 g/mol. The molecule has 1 aliphatic rings. The number of nitrogens with zero attached hydrogens (tertiary/aromatic N) is 2. The van der Waals surface area contributed by atoms with Gasteiger partial charge in [-0.05, 0) is 24.3 Å². The number of urea groups is 1. The molecule has 1 saturated heterocycles. The molecule has 0 spiro atoms. The Bertz CT molecular complexity index is 576. The van der Waals surface area contributed by atoms with Crippen LogP contribution in [0, 0.1) is 11.8 Å². The van der Waals surface area contributed by atoms with Crippen molar-refractivity contribution in [3.8, 4) is 0 Å². The molecule has 0 aromatic heterocycles. The van der Waals surface area contributed by atoms with E-state index in [4.69, 9.17) is 0 Å². The monoisotopic (exact) mass is 359 g/mol. The number of nitrogens with one attached hydrogen (secondary N) is 1. The fraction of sp³-hybridized carbons (Fsp3) is 0.619. The summed E-state index contributed by atoms with van der Waals surface area (Å²) < 4.78 is 0. The van der Waals surface area contributed by atoms with Gasteiger partial charge in [0.05, 0.1) is 6.04 Å². The van der Waals surface area contributed by atoms with Gasteiger partial charge in [0.2, 0.25) is 5.91 Å². The maximum atomic E-state index is 12.9. The lowest BCUT2D eigenvalue weighted by Gasteiger charge is -2.34. The Morgan fingerprint density at radius 2 is 1.69 bits per heavy atom. The van der Waals surface area contributed by atoms with Crippen molar-refractivity contribution < 1.29 is 9.59 Å². The largest absolute Gasteiger partial charge is 0.349 e. The van der Waals surface area contributed by atoms with Gasteiger partial charge in [0.15, 0.2) is 0 Å². The first-order chi connectivity index (χ1) is 12.5. The number of likely N-dealkylation sites (tertiary alicyclic amines) is 1. The van der Waals surface area contributed by atoms with Crippen molar-refractivity contribution in [2.45, 2.75) is 45.6 Å². The average Bonchev–Trinajstić information content (AvgIpc) is 2.68. The molecule has 144 valence electrons. The first-order valence-corrected chi connectivity index (χ1v) is 9.79. The van der Waals surface area contributed by atoms with Gasteiger partial charge < -0.3 is 15.1 Å². The van der Waals surface area contributed by atoms with Crippen molar-refractivity contribution >= 4 is 11.9 Å². The second-order valence-electron chi connectivity index (χ2n) is 7.41. The molecular formula is C21H33N3O2. The molecule has 1 heterocycles. The Balaban J connectivity index is 2.01. The van der Waals surface area contributed by atoms with Crippen LogP contribution in [0.5, 0.6) is 0 Å². The summed E-state index contributed by atoms with van der Waals surface area (Å²) in [5.74, 6) is 0.543. The zero-order valence-corrected chi connectivity index (χ0v) is 16.6. The lowest BCUT2D eigenvalue weighted by molar-refractivity contribution is -0.127. The van der Waals surface area contributed by atoms with E-state index < -0.39 is 0 Å². The molecule has 1 aliphatic heterocycles. The second kappa shape index (κ2) is 9.60. The van der Waals surface area contributed by atoms with E-state index in [2.05, 4.69) is 31.3 Å². The van der Waals surface area contributed by atoms with Gasteiger partial charge in [-0.2, -0.15) is 0 Å². The average molecular weight is 360 g/mol. The van der Waals surface area contributed by atoms with Crippen LogP contribution in [0.25, 0.3) is 0 Å². The lowest BCUT2D eigenvalue weighted by atomic mass is 9.87. The van der Waals surface area contributed by atoms with Gasteiger partial charge in [0.25, 0.3) is 0 Å². The van der Waals surface area contributed by atoms with Crippen LogP contribution in [0.1, 0.15) is 51.1 Å². The molecule has 1 unspecified atom stereocenters. The fourth-order valence-electron chi connectivity index (χ4n) is 3.78. The summed E-state index contributed by atoms with van der Waals surface area (Å²) in [5, 5.41) is 3.32. The molecule has 1 aromatic carbocycles. The number of hydrogen-bond acceptors (Lipinski definition) is 2. The zero-order chi connectivity index (χ0) is 19.1. The molecule has 3 amide bonds. The van der Waals surface area contributed by atoms with Crippen LogP contribution >= 0.6 is 0 Å². The number of rotatable bonds is 6. The summed E-state index contributed by atoms with van der Waals surface area (Å²) in [4.78, 5) is 28.4. The van der Waals surface area contributed by atoms with E-state index in [1.807, 2.05) is 23.1 Å². The maximum absolute atomic E-state index is 12.9. The standard InChI is InChI=1S/C21H33N3O2/c1-5-16(6-2)19(17-10-8-7-9-11-17)22-20(25)18-12-14-24(15-13-18)21(26)23(3)4/h7-11,16,18-19H,5-6,12-15H2,1-4H3,(H,22,25). The number of carbonyl (C=O) groups is 2. The van der Waals surface area contributed by atoms with Crippen LogP contribution < -0.4 is 5.32 Å². The third-order valence-corrected chi connectivity index (χ3v) is 5.50. The Kier molecular flexibility index (Phi) is 7.49. The summed E-state index contributed by atoms with van der Waals surface area (Å²) in [5.41, 5.74) is 1.18. The number of hydrogen-bond donors (Lipinski definition) is 1. The molecule has 1 atom stereocenters. The van der Waals surface area contributed by atoms with Crippen molar-refractivity contribution in [2.24, 2.45) is 11.8 Å². The number of benzene rings is 1. The van der Waals surface area contributed by atoms with Crippen LogP contribution in [0.15, 0.2) is 30.3 Å². The van der Waals surface area contributed by atoms with Crippen LogP contribution in [-0.4, -0.2) is 48.9 Å². The molecule has 0 saturated carbocycles. The van der Waals surface area contributed by atoms with E-state index in [0.717, 1.165) is 25.7 Å². The molecule has 0 bridgehead atoms. The van der Waals surface area contributed by atoms with Crippen LogP contribution in [0.4, 0.5) is 4.79 Å². The predicted molar refractivity (Wildman–Crippen MR) is 105 cm³/mol. The smallest absolute Gasteiger partial charge is 0.319 e. The van der Waals surface area contributed by atoms with E-state index >= 15 is 0 Å². The SMILES string of the molecule is CCC(CC)C(NC(=O)C1CCN(C(=O)N(C)C)CC1)c1ccccc1. The van der Waals surface area contributed by atoms with E-state index in [1.54, 1.807) is 19.0 Å². The van der Waals surface area contributed by atoms with Crippen molar-refractivity contribution in [1.29, 1.82) is 0 Å². The topological polar surface area (TPSA) is 52.7 Å². The van der Waals surface area contributed by atoms with Gasteiger partial charge in [0.1, 0.15) is 0 Å². The summed E-state index contributed by atoms with van der Waals surface area (Å²) in [6.45, 7) is 5.66. The first kappa shape index (κ1) is 20.3. The van der Waals surface area contributed by atoms with Crippen LogP contribution in [0.3, 0.4) is 0 Å². The minimum atomic E-state index is -0.0122. The molecule has 26 heavy (non-hydrogen) atoms. The van der Waals surface area contributed by atoms with Crippen LogP contribution in [0.2, 0.25) is 0 Å². The quantitative estimate of drug-likeness (QED) is 0.842. The Labute approximate surface area is 157 Å². The summed E-state index contributed by atoms with van der Waals surface area (Å²) in [6, 6.07) is 10.4. The third kappa shape index (κ3) is 4.99. The Hall–Kier alpha value is -2.04. The summed E-state index contributed by atoms with van der Waals surface area (Å²) >= 11 is 0.